The number of anilines is 1. The lowest BCUT2D eigenvalue weighted by Crippen LogP contribution is -2.21. The van der Waals surface area contributed by atoms with Gasteiger partial charge >= 0.3 is 6.36 Å². The van der Waals surface area contributed by atoms with Crippen LogP contribution in [0.2, 0.25) is 0 Å². The zero-order valence-electron chi connectivity index (χ0n) is 12.1. The molecule has 1 aliphatic rings. The summed E-state index contributed by atoms with van der Waals surface area (Å²) < 4.78 is 79.0. The van der Waals surface area contributed by atoms with Crippen molar-refractivity contribution in [3.8, 4) is 17.2 Å². The molecule has 1 N–H and O–H groups in total. The van der Waals surface area contributed by atoms with Gasteiger partial charge in [0.1, 0.15) is 4.90 Å². The predicted octanol–water partition coefficient (Wildman–Crippen LogP) is 3.88. The van der Waals surface area contributed by atoms with Crippen LogP contribution in [0.5, 0.6) is 17.2 Å². The van der Waals surface area contributed by atoms with E-state index in [1.165, 1.54) is 24.3 Å². The highest BCUT2D eigenvalue weighted by Gasteiger charge is 2.34. The summed E-state index contributed by atoms with van der Waals surface area (Å²) in [5.74, 6) is -0.0921. The Hall–Kier alpha value is -2.14. The standard InChI is InChI=1S/C14H9BrF3NO5S/c15-8-1-4-13(12(5-8)24-14(16,17)18)25(20,21)19-9-2-3-10-11(6-9)23-7-22-10/h1-6,19H,7H2. The smallest absolute Gasteiger partial charge is 0.454 e. The quantitative estimate of drug-likeness (QED) is 0.782. The molecule has 0 amide bonds. The van der Waals surface area contributed by atoms with Gasteiger partial charge in [-0.25, -0.2) is 8.42 Å². The average Bonchev–Trinajstić information content (AvgIpc) is 2.92. The van der Waals surface area contributed by atoms with Crippen LogP contribution in [0.15, 0.2) is 45.8 Å². The monoisotopic (exact) mass is 439 g/mol. The van der Waals surface area contributed by atoms with Gasteiger partial charge in [-0.05, 0) is 30.3 Å². The molecule has 0 unspecified atom stereocenters. The van der Waals surface area contributed by atoms with E-state index in [9.17, 15) is 21.6 Å². The summed E-state index contributed by atoms with van der Waals surface area (Å²) in [6.07, 6.45) is -5.04. The summed E-state index contributed by atoms with van der Waals surface area (Å²) in [6, 6.07) is 7.45. The van der Waals surface area contributed by atoms with Crippen LogP contribution in [0.3, 0.4) is 0 Å². The number of ether oxygens (including phenoxy) is 3. The molecular formula is C14H9BrF3NO5S. The van der Waals surface area contributed by atoms with Crippen LogP contribution < -0.4 is 18.9 Å². The maximum atomic E-state index is 12.5. The third-order valence-electron chi connectivity index (χ3n) is 3.05. The third-order valence-corrected chi connectivity index (χ3v) is 4.96. The molecule has 0 saturated heterocycles. The van der Waals surface area contributed by atoms with Gasteiger partial charge in [0.25, 0.3) is 10.0 Å². The van der Waals surface area contributed by atoms with Crippen LogP contribution in [-0.4, -0.2) is 21.6 Å². The summed E-state index contributed by atoms with van der Waals surface area (Å²) in [5, 5.41) is 0. The van der Waals surface area contributed by atoms with Crippen LogP contribution >= 0.6 is 15.9 Å². The topological polar surface area (TPSA) is 73.9 Å². The van der Waals surface area contributed by atoms with Crippen molar-refractivity contribution in [2.24, 2.45) is 0 Å². The minimum atomic E-state index is -5.04. The number of rotatable bonds is 4. The second-order valence-electron chi connectivity index (χ2n) is 4.81. The summed E-state index contributed by atoms with van der Waals surface area (Å²) in [4.78, 5) is -0.661. The largest absolute Gasteiger partial charge is 0.573 e. The van der Waals surface area contributed by atoms with Gasteiger partial charge < -0.3 is 14.2 Å². The zero-order chi connectivity index (χ0) is 18.2. The SMILES string of the molecule is O=S(=O)(Nc1ccc2c(c1)OCO2)c1ccc(Br)cc1OC(F)(F)F. The Bertz CT molecular complexity index is 917. The molecule has 25 heavy (non-hydrogen) atoms. The number of alkyl halides is 3. The number of halogens is 4. The van der Waals surface area contributed by atoms with E-state index in [1.54, 1.807) is 0 Å². The lowest BCUT2D eigenvalue weighted by Gasteiger charge is -2.15. The van der Waals surface area contributed by atoms with E-state index in [-0.39, 0.29) is 17.0 Å². The van der Waals surface area contributed by atoms with Crippen molar-refractivity contribution in [1.29, 1.82) is 0 Å². The van der Waals surface area contributed by atoms with Crippen molar-refractivity contribution in [2.45, 2.75) is 11.3 Å². The molecule has 2 aromatic rings. The zero-order valence-corrected chi connectivity index (χ0v) is 14.5. The van der Waals surface area contributed by atoms with E-state index in [0.29, 0.717) is 11.5 Å². The molecular weight excluding hydrogens is 431 g/mol. The maximum absolute atomic E-state index is 12.5. The molecule has 0 radical (unpaired) electrons. The first-order valence-electron chi connectivity index (χ1n) is 6.62. The summed E-state index contributed by atoms with van der Waals surface area (Å²) in [5.41, 5.74) is 0.102. The Morgan fingerprint density at radius 1 is 1.08 bits per heavy atom. The third kappa shape index (κ3) is 4.10. The predicted molar refractivity (Wildman–Crippen MR) is 84.2 cm³/mol. The minimum absolute atomic E-state index is 0.00181. The van der Waals surface area contributed by atoms with Crippen LogP contribution in [0.1, 0.15) is 0 Å². The Labute approximate surface area is 148 Å². The molecule has 1 heterocycles. The van der Waals surface area contributed by atoms with Gasteiger partial charge in [0.2, 0.25) is 6.79 Å². The molecule has 0 bridgehead atoms. The molecule has 3 rings (SSSR count). The number of hydrogen-bond donors (Lipinski definition) is 1. The molecule has 2 aromatic carbocycles. The van der Waals surface area contributed by atoms with Crippen LogP contribution in [0.4, 0.5) is 18.9 Å². The van der Waals surface area contributed by atoms with Crippen molar-refractivity contribution >= 4 is 31.6 Å². The lowest BCUT2D eigenvalue weighted by molar-refractivity contribution is -0.275. The fraction of sp³-hybridized carbons (Fsp3) is 0.143. The van der Waals surface area contributed by atoms with Gasteiger partial charge in [-0.2, -0.15) is 0 Å². The number of fused-ring (bicyclic) bond motifs is 1. The summed E-state index contributed by atoms with van der Waals surface area (Å²) in [7, 11) is -4.34. The van der Waals surface area contributed by atoms with Gasteiger partial charge in [-0.1, -0.05) is 15.9 Å². The van der Waals surface area contributed by atoms with Crippen LogP contribution in [0.25, 0.3) is 0 Å². The highest BCUT2D eigenvalue weighted by Crippen LogP contribution is 2.36. The molecule has 0 saturated carbocycles. The first-order chi connectivity index (χ1) is 11.6. The van der Waals surface area contributed by atoms with E-state index < -0.39 is 27.0 Å². The van der Waals surface area contributed by atoms with Crippen LogP contribution in [0, 0.1) is 0 Å². The van der Waals surface area contributed by atoms with Crippen molar-refractivity contribution in [2.75, 3.05) is 11.5 Å². The molecule has 0 fully saturated rings. The number of hydrogen-bond acceptors (Lipinski definition) is 5. The first kappa shape index (κ1) is 17.7. The fourth-order valence-electron chi connectivity index (χ4n) is 2.08. The van der Waals surface area contributed by atoms with Crippen LogP contribution in [-0.2, 0) is 10.0 Å². The summed E-state index contributed by atoms with van der Waals surface area (Å²) >= 11 is 2.98. The van der Waals surface area contributed by atoms with Crippen molar-refractivity contribution < 1.29 is 35.8 Å². The Kier molecular flexibility index (Phi) is 4.45. The van der Waals surface area contributed by atoms with E-state index in [4.69, 9.17) is 9.47 Å². The van der Waals surface area contributed by atoms with Crippen molar-refractivity contribution in [3.63, 3.8) is 0 Å². The first-order valence-corrected chi connectivity index (χ1v) is 8.89. The van der Waals surface area contributed by atoms with E-state index in [2.05, 4.69) is 25.4 Å². The fourth-order valence-corrected chi connectivity index (χ4v) is 3.58. The van der Waals surface area contributed by atoms with Gasteiger partial charge in [0.15, 0.2) is 17.2 Å². The number of benzene rings is 2. The Balaban J connectivity index is 1.94. The van der Waals surface area contributed by atoms with Crippen molar-refractivity contribution in [3.05, 3.63) is 40.9 Å². The number of sulfonamides is 1. The molecule has 0 aliphatic carbocycles. The highest BCUT2D eigenvalue weighted by molar-refractivity contribution is 9.10. The highest BCUT2D eigenvalue weighted by atomic mass is 79.9. The van der Waals surface area contributed by atoms with E-state index >= 15 is 0 Å². The molecule has 0 spiro atoms. The number of nitrogens with one attached hydrogen (secondary N) is 1. The average molecular weight is 440 g/mol. The molecule has 11 heteroatoms. The molecule has 0 aromatic heterocycles. The van der Waals surface area contributed by atoms with Gasteiger partial charge in [-0.3, -0.25) is 4.72 Å². The molecule has 0 atom stereocenters. The Morgan fingerprint density at radius 2 is 1.80 bits per heavy atom. The van der Waals surface area contributed by atoms with Gasteiger partial charge in [0.05, 0.1) is 5.69 Å². The molecule has 1 aliphatic heterocycles. The van der Waals surface area contributed by atoms with Gasteiger partial charge in [-0.15, -0.1) is 13.2 Å². The van der Waals surface area contributed by atoms with Crippen molar-refractivity contribution in [1.82, 2.24) is 0 Å². The second kappa shape index (κ2) is 6.30. The Morgan fingerprint density at radius 3 is 2.52 bits per heavy atom. The van der Waals surface area contributed by atoms with E-state index in [1.807, 2.05) is 0 Å². The molecule has 6 nitrogen and oxygen atoms in total. The summed E-state index contributed by atoms with van der Waals surface area (Å²) in [6.45, 7) is 0.00181. The minimum Gasteiger partial charge on any atom is -0.454 e. The normalized spacial score (nSPS) is 13.6. The molecule has 134 valence electrons. The van der Waals surface area contributed by atoms with E-state index in [0.717, 1.165) is 12.1 Å². The lowest BCUT2D eigenvalue weighted by atomic mass is 10.3. The maximum Gasteiger partial charge on any atom is 0.573 e. The van der Waals surface area contributed by atoms with Gasteiger partial charge in [0, 0.05) is 10.5 Å². The second-order valence-corrected chi connectivity index (χ2v) is 7.38.